The van der Waals surface area contributed by atoms with Crippen LogP contribution in [0.2, 0.25) is 0 Å². The summed E-state index contributed by atoms with van der Waals surface area (Å²) in [6.45, 7) is 7.51. The molecule has 1 heterocycles. The summed E-state index contributed by atoms with van der Waals surface area (Å²) >= 11 is 0. The highest BCUT2D eigenvalue weighted by Gasteiger charge is 2.11. The molecule has 0 aliphatic heterocycles. The third-order valence-electron chi connectivity index (χ3n) is 4.57. The number of aliphatic imine (C=N–C) groups is 1. The van der Waals surface area contributed by atoms with Crippen molar-refractivity contribution in [1.29, 1.82) is 0 Å². The van der Waals surface area contributed by atoms with Gasteiger partial charge in [-0.2, -0.15) is 5.10 Å². The number of guanidine groups is 1. The van der Waals surface area contributed by atoms with E-state index in [-0.39, 0.29) is 6.10 Å². The molecule has 31 heavy (non-hydrogen) atoms. The standard InChI is InChI=1S/C24H31N5O2/c1-4-25-24(26-16-20-9-5-6-12-22(20)29-14-8-13-28-29)27-17-23(30)19-10-7-11-21(15-19)31-18(2)3/h5-15,18,23,30H,4,16-17H2,1-3H3,(H2,25,26,27). The fourth-order valence-electron chi connectivity index (χ4n) is 3.16. The van der Waals surface area contributed by atoms with Gasteiger partial charge in [0.1, 0.15) is 5.75 Å². The highest BCUT2D eigenvalue weighted by atomic mass is 16.5. The SMILES string of the molecule is CCNC(=NCc1ccccc1-n1cccn1)NCC(O)c1cccc(OC(C)C)c1. The molecule has 2 aromatic carbocycles. The van der Waals surface area contributed by atoms with E-state index >= 15 is 0 Å². The van der Waals surface area contributed by atoms with Gasteiger partial charge in [0.15, 0.2) is 5.96 Å². The predicted octanol–water partition coefficient (Wildman–Crippen LogP) is 3.45. The number of benzene rings is 2. The molecule has 0 saturated heterocycles. The van der Waals surface area contributed by atoms with Crippen molar-refractivity contribution in [1.82, 2.24) is 20.4 Å². The molecule has 3 rings (SSSR count). The second-order valence-corrected chi connectivity index (χ2v) is 7.41. The second kappa shape index (κ2) is 11.2. The van der Waals surface area contributed by atoms with Gasteiger partial charge in [-0.15, -0.1) is 0 Å². The van der Waals surface area contributed by atoms with Crippen LogP contribution in [0.4, 0.5) is 0 Å². The molecule has 1 atom stereocenters. The number of nitrogens with zero attached hydrogens (tertiary/aromatic N) is 3. The van der Waals surface area contributed by atoms with Crippen LogP contribution in [0.3, 0.4) is 0 Å². The van der Waals surface area contributed by atoms with Crippen molar-refractivity contribution in [2.45, 2.75) is 39.5 Å². The van der Waals surface area contributed by atoms with E-state index in [1.54, 1.807) is 6.20 Å². The lowest BCUT2D eigenvalue weighted by molar-refractivity contribution is 0.179. The molecule has 0 spiro atoms. The highest BCUT2D eigenvalue weighted by Crippen LogP contribution is 2.20. The lowest BCUT2D eigenvalue weighted by Crippen LogP contribution is -2.39. The van der Waals surface area contributed by atoms with Crippen LogP contribution in [0.1, 0.15) is 38.0 Å². The minimum Gasteiger partial charge on any atom is -0.491 e. The molecule has 7 nitrogen and oxygen atoms in total. The van der Waals surface area contributed by atoms with Gasteiger partial charge in [-0.25, -0.2) is 9.67 Å². The predicted molar refractivity (Wildman–Crippen MR) is 124 cm³/mol. The molecular weight excluding hydrogens is 390 g/mol. The van der Waals surface area contributed by atoms with Crippen LogP contribution in [0, 0.1) is 0 Å². The number of ether oxygens (including phenoxy) is 1. The first-order valence-electron chi connectivity index (χ1n) is 10.6. The quantitative estimate of drug-likeness (QED) is 0.364. The van der Waals surface area contributed by atoms with Gasteiger partial charge in [0.25, 0.3) is 0 Å². The van der Waals surface area contributed by atoms with Gasteiger partial charge in [0.05, 0.1) is 24.4 Å². The summed E-state index contributed by atoms with van der Waals surface area (Å²) in [5.74, 6) is 1.40. The first-order chi connectivity index (χ1) is 15.1. The first kappa shape index (κ1) is 22.4. The third-order valence-corrected chi connectivity index (χ3v) is 4.57. The average Bonchev–Trinajstić information content (AvgIpc) is 3.30. The normalized spacial score (nSPS) is 12.6. The Labute approximate surface area is 183 Å². The Kier molecular flexibility index (Phi) is 8.06. The minimum absolute atomic E-state index is 0.0858. The number of rotatable bonds is 9. The van der Waals surface area contributed by atoms with E-state index in [0.717, 1.165) is 29.1 Å². The summed E-state index contributed by atoms with van der Waals surface area (Å²) < 4.78 is 7.56. The largest absolute Gasteiger partial charge is 0.491 e. The zero-order chi connectivity index (χ0) is 22.1. The number of aliphatic hydroxyl groups excluding tert-OH is 1. The second-order valence-electron chi connectivity index (χ2n) is 7.41. The van der Waals surface area contributed by atoms with Crippen LogP contribution in [-0.2, 0) is 6.54 Å². The van der Waals surface area contributed by atoms with Gasteiger partial charge >= 0.3 is 0 Å². The van der Waals surface area contributed by atoms with Gasteiger partial charge in [-0.05, 0) is 56.2 Å². The topological polar surface area (TPSA) is 83.7 Å². The van der Waals surface area contributed by atoms with Crippen molar-refractivity contribution in [2.75, 3.05) is 13.1 Å². The summed E-state index contributed by atoms with van der Waals surface area (Å²) in [7, 11) is 0. The Hall–Kier alpha value is -3.32. The fraction of sp³-hybridized carbons (Fsp3) is 0.333. The minimum atomic E-state index is -0.684. The number of hydrogen-bond acceptors (Lipinski definition) is 4. The Morgan fingerprint density at radius 1 is 1.13 bits per heavy atom. The monoisotopic (exact) mass is 421 g/mol. The van der Waals surface area contributed by atoms with Crippen molar-refractivity contribution in [3.05, 3.63) is 78.1 Å². The third kappa shape index (κ3) is 6.58. The van der Waals surface area contributed by atoms with Crippen molar-refractivity contribution in [2.24, 2.45) is 4.99 Å². The Bertz CT molecular complexity index is 970. The molecule has 0 amide bonds. The molecule has 1 unspecified atom stereocenters. The summed E-state index contributed by atoms with van der Waals surface area (Å²) in [6, 6.07) is 17.5. The van der Waals surface area contributed by atoms with Gasteiger partial charge in [0, 0.05) is 25.5 Å². The van der Waals surface area contributed by atoms with Crippen LogP contribution < -0.4 is 15.4 Å². The first-order valence-corrected chi connectivity index (χ1v) is 10.6. The van der Waals surface area contributed by atoms with E-state index in [1.165, 1.54) is 0 Å². The zero-order valence-electron chi connectivity index (χ0n) is 18.3. The number of nitrogens with one attached hydrogen (secondary N) is 2. The number of para-hydroxylation sites is 1. The van der Waals surface area contributed by atoms with Gasteiger partial charge < -0.3 is 20.5 Å². The van der Waals surface area contributed by atoms with Crippen molar-refractivity contribution >= 4 is 5.96 Å². The van der Waals surface area contributed by atoms with E-state index in [9.17, 15) is 5.11 Å². The Balaban J connectivity index is 1.66. The molecule has 0 saturated carbocycles. The van der Waals surface area contributed by atoms with Crippen LogP contribution >= 0.6 is 0 Å². The molecular formula is C24H31N5O2. The molecule has 0 bridgehead atoms. The van der Waals surface area contributed by atoms with Gasteiger partial charge in [0.2, 0.25) is 0 Å². The van der Waals surface area contributed by atoms with Crippen LogP contribution in [-0.4, -0.2) is 40.0 Å². The summed E-state index contributed by atoms with van der Waals surface area (Å²) in [4.78, 5) is 4.69. The maximum absolute atomic E-state index is 10.6. The number of aliphatic hydroxyl groups is 1. The molecule has 0 radical (unpaired) electrons. The van der Waals surface area contributed by atoms with Crippen LogP contribution in [0.15, 0.2) is 72.0 Å². The van der Waals surface area contributed by atoms with Crippen molar-refractivity contribution in [3.63, 3.8) is 0 Å². The zero-order valence-corrected chi connectivity index (χ0v) is 18.3. The van der Waals surface area contributed by atoms with E-state index in [2.05, 4.69) is 15.7 Å². The summed E-state index contributed by atoms with van der Waals surface area (Å²) in [6.07, 6.45) is 3.08. The van der Waals surface area contributed by atoms with Gasteiger partial charge in [-0.3, -0.25) is 0 Å². The summed E-state index contributed by atoms with van der Waals surface area (Å²) in [5.41, 5.74) is 2.85. The van der Waals surface area contributed by atoms with Gasteiger partial charge in [-0.1, -0.05) is 30.3 Å². The molecule has 0 aliphatic carbocycles. The van der Waals surface area contributed by atoms with E-state index < -0.39 is 6.10 Å². The Morgan fingerprint density at radius 2 is 1.97 bits per heavy atom. The lowest BCUT2D eigenvalue weighted by atomic mass is 10.1. The number of aromatic nitrogens is 2. The average molecular weight is 422 g/mol. The Morgan fingerprint density at radius 3 is 2.71 bits per heavy atom. The molecule has 3 N–H and O–H groups in total. The van der Waals surface area contributed by atoms with E-state index in [4.69, 9.17) is 9.73 Å². The van der Waals surface area contributed by atoms with Crippen LogP contribution in [0.25, 0.3) is 5.69 Å². The fourth-order valence-corrected chi connectivity index (χ4v) is 3.16. The number of hydrogen-bond donors (Lipinski definition) is 3. The maximum Gasteiger partial charge on any atom is 0.191 e. The smallest absolute Gasteiger partial charge is 0.191 e. The van der Waals surface area contributed by atoms with E-state index in [0.29, 0.717) is 19.0 Å². The molecule has 1 aromatic heterocycles. The highest BCUT2D eigenvalue weighted by molar-refractivity contribution is 5.79. The molecule has 0 aliphatic rings. The maximum atomic E-state index is 10.6. The lowest BCUT2D eigenvalue weighted by Gasteiger charge is -2.17. The van der Waals surface area contributed by atoms with Crippen molar-refractivity contribution in [3.8, 4) is 11.4 Å². The molecule has 164 valence electrons. The molecule has 0 fully saturated rings. The summed E-state index contributed by atoms with van der Waals surface area (Å²) in [5, 5.41) is 21.4. The van der Waals surface area contributed by atoms with E-state index in [1.807, 2.05) is 86.2 Å². The molecule has 7 heteroatoms. The van der Waals surface area contributed by atoms with Crippen molar-refractivity contribution < 1.29 is 9.84 Å². The molecule has 3 aromatic rings. The van der Waals surface area contributed by atoms with Crippen LogP contribution in [0.5, 0.6) is 5.75 Å².